The highest BCUT2D eigenvalue weighted by Crippen LogP contribution is 2.24. The first-order chi connectivity index (χ1) is 7.26. The molecule has 0 atom stereocenters. The molecule has 0 spiro atoms. The molecule has 5 heteroatoms. The topological polar surface area (TPSA) is 84.8 Å². The second-order valence-corrected chi connectivity index (χ2v) is 2.96. The number of benzene rings is 1. The monoisotopic (exact) mass is 200 g/mol. The van der Waals surface area contributed by atoms with E-state index in [-0.39, 0.29) is 5.69 Å². The van der Waals surface area contributed by atoms with Gasteiger partial charge in [0.1, 0.15) is 11.8 Å². The Hall–Kier alpha value is -2.35. The molecule has 1 aromatic carbocycles. The van der Waals surface area contributed by atoms with Gasteiger partial charge in [0.15, 0.2) is 5.69 Å². The number of anilines is 1. The molecule has 2 rings (SSSR count). The van der Waals surface area contributed by atoms with E-state index in [1.54, 1.807) is 25.3 Å². The third-order valence-corrected chi connectivity index (χ3v) is 2.11. The van der Waals surface area contributed by atoms with Crippen molar-refractivity contribution >= 4 is 16.6 Å². The zero-order chi connectivity index (χ0) is 10.8. The Balaban J connectivity index is 2.75. The van der Waals surface area contributed by atoms with Crippen molar-refractivity contribution in [3.05, 3.63) is 23.9 Å². The van der Waals surface area contributed by atoms with Gasteiger partial charge in [-0.25, -0.2) is 0 Å². The molecule has 0 amide bonds. The molecule has 2 N–H and O–H groups in total. The molecule has 15 heavy (non-hydrogen) atoms. The summed E-state index contributed by atoms with van der Waals surface area (Å²) < 4.78 is 5.05. The Kier molecular flexibility index (Phi) is 2.10. The number of hydrogen-bond donors (Lipinski definition) is 1. The highest BCUT2D eigenvalue weighted by Gasteiger charge is 2.07. The molecule has 0 fully saturated rings. The van der Waals surface area contributed by atoms with Crippen LogP contribution in [-0.4, -0.2) is 17.3 Å². The zero-order valence-electron chi connectivity index (χ0n) is 8.06. The summed E-state index contributed by atoms with van der Waals surface area (Å²) in [5, 5.41) is 17.0. The van der Waals surface area contributed by atoms with Gasteiger partial charge in [-0.1, -0.05) is 0 Å². The second kappa shape index (κ2) is 3.42. The van der Waals surface area contributed by atoms with Crippen LogP contribution in [-0.2, 0) is 0 Å². The summed E-state index contributed by atoms with van der Waals surface area (Å²) in [7, 11) is 1.57. The second-order valence-electron chi connectivity index (χ2n) is 2.96. The minimum atomic E-state index is 0.146. The van der Waals surface area contributed by atoms with Crippen LogP contribution in [0.2, 0.25) is 0 Å². The molecule has 74 valence electrons. The molecule has 0 aliphatic rings. The average molecular weight is 200 g/mol. The lowest BCUT2D eigenvalue weighted by molar-refractivity contribution is 0.415. The van der Waals surface area contributed by atoms with Crippen LogP contribution in [0, 0.1) is 11.3 Å². The Bertz CT molecular complexity index is 559. The van der Waals surface area contributed by atoms with E-state index < -0.39 is 0 Å². The fourth-order valence-corrected chi connectivity index (χ4v) is 1.32. The first-order valence-electron chi connectivity index (χ1n) is 4.26. The Morgan fingerprint density at radius 2 is 2.20 bits per heavy atom. The van der Waals surface area contributed by atoms with Crippen LogP contribution in [0.3, 0.4) is 0 Å². The van der Waals surface area contributed by atoms with Crippen LogP contribution >= 0.6 is 0 Å². The fourth-order valence-electron chi connectivity index (χ4n) is 1.32. The zero-order valence-corrected chi connectivity index (χ0v) is 8.06. The summed E-state index contributed by atoms with van der Waals surface area (Å²) in [6.07, 6.45) is 0. The van der Waals surface area contributed by atoms with Gasteiger partial charge in [0.2, 0.25) is 0 Å². The third kappa shape index (κ3) is 1.42. The van der Waals surface area contributed by atoms with E-state index in [9.17, 15) is 0 Å². The molecule has 2 aromatic rings. The average Bonchev–Trinajstić information content (AvgIpc) is 2.29. The summed E-state index contributed by atoms with van der Waals surface area (Å²) in [6, 6.07) is 7.14. The number of ether oxygens (including phenoxy) is 1. The molecular formula is C10H8N4O. The summed E-state index contributed by atoms with van der Waals surface area (Å²) >= 11 is 0. The van der Waals surface area contributed by atoms with Gasteiger partial charge in [-0.2, -0.15) is 5.26 Å². The first kappa shape index (κ1) is 9.21. The van der Waals surface area contributed by atoms with E-state index in [0.29, 0.717) is 22.3 Å². The van der Waals surface area contributed by atoms with E-state index >= 15 is 0 Å². The maximum absolute atomic E-state index is 8.72. The van der Waals surface area contributed by atoms with Gasteiger partial charge in [0.05, 0.1) is 18.3 Å². The summed E-state index contributed by atoms with van der Waals surface area (Å²) in [5.41, 5.74) is 6.87. The molecule has 0 saturated heterocycles. The lowest BCUT2D eigenvalue weighted by Gasteiger charge is -2.03. The minimum absolute atomic E-state index is 0.146. The first-order valence-corrected chi connectivity index (χ1v) is 4.26. The number of hydrogen-bond acceptors (Lipinski definition) is 5. The SMILES string of the molecule is COc1ccc2c(N)c(C#N)nnc2c1. The lowest BCUT2D eigenvalue weighted by atomic mass is 10.1. The van der Waals surface area contributed by atoms with Crippen LogP contribution < -0.4 is 10.5 Å². The quantitative estimate of drug-likeness (QED) is 0.744. The molecule has 0 radical (unpaired) electrons. The molecule has 5 nitrogen and oxygen atoms in total. The highest BCUT2D eigenvalue weighted by atomic mass is 16.5. The van der Waals surface area contributed by atoms with Crippen molar-refractivity contribution in [1.82, 2.24) is 10.2 Å². The van der Waals surface area contributed by atoms with Gasteiger partial charge in [-0.3, -0.25) is 0 Å². The third-order valence-electron chi connectivity index (χ3n) is 2.11. The summed E-state index contributed by atoms with van der Waals surface area (Å²) in [5.74, 6) is 0.681. The number of nitrogen functional groups attached to an aromatic ring is 1. The number of nitrogens with zero attached hydrogens (tertiary/aromatic N) is 3. The molecule has 1 aromatic heterocycles. The molecular weight excluding hydrogens is 192 g/mol. The number of fused-ring (bicyclic) bond motifs is 1. The van der Waals surface area contributed by atoms with Crippen molar-refractivity contribution in [3.63, 3.8) is 0 Å². The minimum Gasteiger partial charge on any atom is -0.497 e. The molecule has 0 bridgehead atoms. The van der Waals surface area contributed by atoms with Crippen LogP contribution in [0.25, 0.3) is 10.9 Å². The number of nitriles is 1. The molecule has 1 heterocycles. The smallest absolute Gasteiger partial charge is 0.186 e. The predicted octanol–water partition coefficient (Wildman–Crippen LogP) is 1.09. The van der Waals surface area contributed by atoms with Crippen LogP contribution in [0.1, 0.15) is 5.69 Å². The molecule has 0 unspecified atom stereocenters. The number of aromatic nitrogens is 2. The normalized spacial score (nSPS) is 9.87. The van der Waals surface area contributed by atoms with E-state index in [2.05, 4.69) is 10.2 Å². The van der Waals surface area contributed by atoms with E-state index in [1.165, 1.54) is 0 Å². The molecule has 0 aliphatic heterocycles. The molecule has 0 saturated carbocycles. The number of methoxy groups -OCH3 is 1. The van der Waals surface area contributed by atoms with Crippen molar-refractivity contribution < 1.29 is 4.74 Å². The van der Waals surface area contributed by atoms with Crippen LogP contribution in [0.5, 0.6) is 5.75 Å². The van der Waals surface area contributed by atoms with Gasteiger partial charge in [0, 0.05) is 11.5 Å². The van der Waals surface area contributed by atoms with E-state index in [1.807, 2.05) is 6.07 Å². The van der Waals surface area contributed by atoms with Crippen molar-refractivity contribution in [2.75, 3.05) is 12.8 Å². The van der Waals surface area contributed by atoms with Crippen molar-refractivity contribution in [2.24, 2.45) is 0 Å². The van der Waals surface area contributed by atoms with E-state index in [0.717, 1.165) is 0 Å². The van der Waals surface area contributed by atoms with Gasteiger partial charge >= 0.3 is 0 Å². The van der Waals surface area contributed by atoms with Crippen molar-refractivity contribution in [1.29, 1.82) is 5.26 Å². The Morgan fingerprint density at radius 3 is 2.87 bits per heavy atom. The lowest BCUT2D eigenvalue weighted by Crippen LogP contribution is -1.98. The van der Waals surface area contributed by atoms with E-state index in [4.69, 9.17) is 15.7 Å². The predicted molar refractivity (Wildman–Crippen MR) is 55.2 cm³/mol. The standard InChI is InChI=1S/C10H8N4O/c1-15-6-2-3-7-8(4-6)13-14-9(5-11)10(7)12/h2-4H,1H3,(H2,12,13). The van der Waals surface area contributed by atoms with Gasteiger partial charge < -0.3 is 10.5 Å². The maximum Gasteiger partial charge on any atom is 0.186 e. The maximum atomic E-state index is 8.72. The summed E-state index contributed by atoms with van der Waals surface area (Å²) in [4.78, 5) is 0. The largest absolute Gasteiger partial charge is 0.497 e. The highest BCUT2D eigenvalue weighted by molar-refractivity contribution is 5.92. The number of nitrogens with two attached hydrogens (primary N) is 1. The van der Waals surface area contributed by atoms with Gasteiger partial charge in [-0.15, -0.1) is 10.2 Å². The molecule has 0 aliphatic carbocycles. The fraction of sp³-hybridized carbons (Fsp3) is 0.100. The van der Waals surface area contributed by atoms with Crippen LogP contribution in [0.4, 0.5) is 5.69 Å². The Labute approximate surface area is 86.1 Å². The van der Waals surface area contributed by atoms with Crippen LogP contribution in [0.15, 0.2) is 18.2 Å². The summed E-state index contributed by atoms with van der Waals surface area (Å²) in [6.45, 7) is 0. The van der Waals surface area contributed by atoms with Gasteiger partial charge in [-0.05, 0) is 12.1 Å². The number of rotatable bonds is 1. The Morgan fingerprint density at radius 1 is 1.40 bits per heavy atom. The van der Waals surface area contributed by atoms with Crippen molar-refractivity contribution in [2.45, 2.75) is 0 Å². The van der Waals surface area contributed by atoms with Gasteiger partial charge in [0.25, 0.3) is 0 Å². The van der Waals surface area contributed by atoms with Crippen molar-refractivity contribution in [3.8, 4) is 11.8 Å².